The third-order valence-corrected chi connectivity index (χ3v) is 6.31. The first kappa shape index (κ1) is 20.0. The van der Waals surface area contributed by atoms with Crippen molar-refractivity contribution in [1.82, 2.24) is 19.5 Å². The van der Waals surface area contributed by atoms with E-state index in [-0.39, 0.29) is 3.79 Å². The molecule has 3 heterocycles. The standard InChI is InChI=1S/C20H19Cl2IN4O/c1-11-2-4-12(5-3-11)10-27-18-15(25-20(27)19(23)28)7-16(22)26-17(18)13-6-14(21)9-24-8-13/h6-9,11-12H,2-5,10H2,1H3. The smallest absolute Gasteiger partial charge is 0.257 e. The lowest BCUT2D eigenvalue weighted by Crippen LogP contribution is -2.19. The Kier molecular flexibility index (Phi) is 5.90. The molecule has 1 aliphatic carbocycles. The van der Waals surface area contributed by atoms with Crippen LogP contribution in [-0.2, 0) is 6.54 Å². The van der Waals surface area contributed by atoms with Gasteiger partial charge in [-0.05, 0) is 30.7 Å². The molecule has 3 aromatic heterocycles. The second kappa shape index (κ2) is 8.24. The van der Waals surface area contributed by atoms with Crippen molar-refractivity contribution in [3.05, 3.63) is 40.5 Å². The van der Waals surface area contributed by atoms with E-state index in [9.17, 15) is 4.79 Å². The van der Waals surface area contributed by atoms with Gasteiger partial charge in [0.25, 0.3) is 3.79 Å². The number of imidazole rings is 1. The first-order chi connectivity index (χ1) is 13.4. The summed E-state index contributed by atoms with van der Waals surface area (Å²) < 4.78 is 1.92. The molecule has 0 radical (unpaired) electrons. The van der Waals surface area contributed by atoms with Crippen LogP contribution in [0.2, 0.25) is 10.2 Å². The van der Waals surface area contributed by atoms with Crippen LogP contribution in [0.15, 0.2) is 24.5 Å². The largest absolute Gasteiger partial charge is 0.319 e. The number of pyridine rings is 2. The summed E-state index contributed by atoms with van der Waals surface area (Å²) in [4.78, 5) is 25.6. The third-order valence-electron chi connectivity index (χ3n) is 5.42. The van der Waals surface area contributed by atoms with Crippen molar-refractivity contribution in [2.75, 3.05) is 0 Å². The Morgan fingerprint density at radius 3 is 2.61 bits per heavy atom. The number of carbonyl (C=O) groups is 1. The Hall–Kier alpha value is -1.25. The SMILES string of the molecule is CC1CCC(Cn2c(C(=O)I)nc3cc(Cl)nc(-c4cncc(Cl)c4)c32)CC1. The van der Waals surface area contributed by atoms with Crippen molar-refractivity contribution in [1.29, 1.82) is 0 Å². The summed E-state index contributed by atoms with van der Waals surface area (Å²) in [6.45, 7) is 3.05. The lowest BCUT2D eigenvalue weighted by Gasteiger charge is -2.27. The van der Waals surface area contributed by atoms with Gasteiger partial charge in [0.1, 0.15) is 5.15 Å². The van der Waals surface area contributed by atoms with Crippen LogP contribution in [0.5, 0.6) is 0 Å². The van der Waals surface area contributed by atoms with Gasteiger partial charge in [-0.2, -0.15) is 0 Å². The van der Waals surface area contributed by atoms with Crippen LogP contribution in [0.4, 0.5) is 0 Å². The number of rotatable bonds is 4. The number of fused-ring (bicyclic) bond motifs is 1. The fraction of sp³-hybridized carbons (Fsp3) is 0.400. The zero-order valence-corrected chi connectivity index (χ0v) is 19.0. The molecular formula is C20H19Cl2IN4O. The Morgan fingerprint density at radius 2 is 1.93 bits per heavy atom. The highest BCUT2D eigenvalue weighted by Gasteiger charge is 2.25. The van der Waals surface area contributed by atoms with Crippen LogP contribution < -0.4 is 0 Å². The molecular weight excluding hydrogens is 510 g/mol. The van der Waals surface area contributed by atoms with E-state index >= 15 is 0 Å². The Morgan fingerprint density at radius 1 is 1.18 bits per heavy atom. The molecule has 0 aliphatic heterocycles. The van der Waals surface area contributed by atoms with Gasteiger partial charge in [-0.1, -0.05) is 43.0 Å². The van der Waals surface area contributed by atoms with Crippen molar-refractivity contribution in [3.8, 4) is 11.3 Å². The molecule has 8 heteroatoms. The predicted molar refractivity (Wildman–Crippen MR) is 120 cm³/mol. The van der Waals surface area contributed by atoms with Gasteiger partial charge in [0.05, 0.1) is 21.7 Å². The first-order valence-electron chi connectivity index (χ1n) is 9.30. The molecule has 0 amide bonds. The minimum Gasteiger partial charge on any atom is -0.319 e. The van der Waals surface area contributed by atoms with E-state index in [0.717, 1.165) is 36.4 Å². The van der Waals surface area contributed by atoms with E-state index in [4.69, 9.17) is 23.2 Å². The lowest BCUT2D eigenvalue weighted by molar-refractivity contribution is 0.109. The van der Waals surface area contributed by atoms with Crippen LogP contribution in [-0.4, -0.2) is 23.3 Å². The molecule has 0 saturated heterocycles. The van der Waals surface area contributed by atoms with E-state index in [1.165, 1.54) is 12.8 Å². The van der Waals surface area contributed by atoms with E-state index in [2.05, 4.69) is 21.9 Å². The molecule has 5 nitrogen and oxygen atoms in total. The predicted octanol–water partition coefficient (Wildman–Crippen LogP) is 6.20. The zero-order valence-electron chi connectivity index (χ0n) is 15.3. The van der Waals surface area contributed by atoms with Gasteiger partial charge in [0.2, 0.25) is 0 Å². The number of halogens is 3. The van der Waals surface area contributed by atoms with E-state index in [1.807, 2.05) is 4.57 Å². The molecule has 1 saturated carbocycles. The van der Waals surface area contributed by atoms with E-state index < -0.39 is 0 Å². The summed E-state index contributed by atoms with van der Waals surface area (Å²) >= 11 is 14.2. The molecule has 0 spiro atoms. The van der Waals surface area contributed by atoms with Gasteiger partial charge in [-0.15, -0.1) is 0 Å². The summed E-state index contributed by atoms with van der Waals surface area (Å²) in [7, 11) is 0. The van der Waals surface area contributed by atoms with Gasteiger partial charge >= 0.3 is 0 Å². The van der Waals surface area contributed by atoms with Crippen molar-refractivity contribution >= 4 is 60.6 Å². The highest BCUT2D eigenvalue weighted by Crippen LogP contribution is 2.35. The van der Waals surface area contributed by atoms with Crippen LogP contribution in [0.1, 0.15) is 43.2 Å². The minimum atomic E-state index is -0.0933. The molecule has 0 bridgehead atoms. The topological polar surface area (TPSA) is 60.7 Å². The Labute approximate surface area is 187 Å². The fourth-order valence-electron chi connectivity index (χ4n) is 3.97. The van der Waals surface area contributed by atoms with Gasteiger partial charge in [-0.3, -0.25) is 9.78 Å². The normalized spacial score (nSPS) is 19.9. The molecule has 0 aromatic carbocycles. The molecule has 1 fully saturated rings. The highest BCUT2D eigenvalue weighted by molar-refractivity contribution is 14.1. The third kappa shape index (κ3) is 4.04. The van der Waals surface area contributed by atoms with Gasteiger partial charge in [0.15, 0.2) is 5.82 Å². The van der Waals surface area contributed by atoms with Gasteiger partial charge in [0, 0.05) is 53.2 Å². The van der Waals surface area contributed by atoms with Crippen molar-refractivity contribution in [3.63, 3.8) is 0 Å². The average molecular weight is 529 g/mol. The maximum absolute atomic E-state index is 12.3. The fourth-order valence-corrected chi connectivity index (χ4v) is 4.74. The Bertz CT molecular complexity index is 1040. The highest BCUT2D eigenvalue weighted by atomic mass is 127. The van der Waals surface area contributed by atoms with E-state index in [1.54, 1.807) is 47.1 Å². The molecule has 4 rings (SSSR count). The summed E-state index contributed by atoms with van der Waals surface area (Å²) in [5.74, 6) is 1.73. The number of hydrogen-bond donors (Lipinski definition) is 0. The number of hydrogen-bond acceptors (Lipinski definition) is 4. The minimum absolute atomic E-state index is 0.0933. The molecule has 28 heavy (non-hydrogen) atoms. The maximum Gasteiger partial charge on any atom is 0.257 e. The number of carbonyl (C=O) groups excluding carboxylic acids is 1. The second-order valence-electron chi connectivity index (χ2n) is 7.50. The zero-order chi connectivity index (χ0) is 19.8. The van der Waals surface area contributed by atoms with E-state index in [0.29, 0.717) is 33.1 Å². The molecule has 146 valence electrons. The molecule has 0 unspecified atom stereocenters. The molecule has 0 atom stereocenters. The van der Waals surface area contributed by atoms with Crippen molar-refractivity contribution in [2.45, 2.75) is 39.2 Å². The summed E-state index contributed by atoms with van der Waals surface area (Å²) in [6, 6.07) is 3.51. The number of nitrogens with zero attached hydrogens (tertiary/aromatic N) is 4. The number of aromatic nitrogens is 4. The second-order valence-corrected chi connectivity index (χ2v) is 9.30. The van der Waals surface area contributed by atoms with Crippen molar-refractivity contribution in [2.24, 2.45) is 11.8 Å². The van der Waals surface area contributed by atoms with Crippen LogP contribution in [0, 0.1) is 11.8 Å². The maximum atomic E-state index is 12.3. The lowest BCUT2D eigenvalue weighted by atomic mass is 9.83. The molecule has 1 aliphatic rings. The molecule has 0 N–H and O–H groups in total. The quantitative estimate of drug-likeness (QED) is 0.230. The van der Waals surface area contributed by atoms with Crippen molar-refractivity contribution < 1.29 is 4.79 Å². The average Bonchev–Trinajstić information content (AvgIpc) is 3.01. The van der Waals surface area contributed by atoms with Gasteiger partial charge in [-0.25, -0.2) is 9.97 Å². The summed E-state index contributed by atoms with van der Waals surface area (Å²) in [5, 5.41) is 0.844. The Balaban J connectivity index is 1.88. The summed E-state index contributed by atoms with van der Waals surface area (Å²) in [5.41, 5.74) is 2.88. The van der Waals surface area contributed by atoms with Crippen LogP contribution >= 0.6 is 45.8 Å². The summed E-state index contributed by atoms with van der Waals surface area (Å²) in [6.07, 6.45) is 8.04. The van der Waals surface area contributed by atoms with Crippen LogP contribution in [0.3, 0.4) is 0 Å². The van der Waals surface area contributed by atoms with Gasteiger partial charge < -0.3 is 4.57 Å². The van der Waals surface area contributed by atoms with Crippen LogP contribution in [0.25, 0.3) is 22.3 Å². The monoisotopic (exact) mass is 528 g/mol. The first-order valence-corrected chi connectivity index (χ1v) is 11.1. The molecule has 3 aromatic rings.